The number of anilines is 1. The number of nitrogens with two attached hydrogens (primary N) is 1. The van der Waals surface area contributed by atoms with Crippen molar-refractivity contribution >= 4 is 17.4 Å². The molecule has 1 amide bonds. The highest BCUT2D eigenvalue weighted by molar-refractivity contribution is 6.00. The van der Waals surface area contributed by atoms with Gasteiger partial charge in [0.2, 0.25) is 0 Å². The van der Waals surface area contributed by atoms with Gasteiger partial charge in [0.15, 0.2) is 11.5 Å². The third-order valence-electron chi connectivity index (χ3n) is 7.81. The zero-order valence-corrected chi connectivity index (χ0v) is 21.3. The zero-order valence-electron chi connectivity index (χ0n) is 21.3. The second-order valence-electron chi connectivity index (χ2n) is 11.7. The highest BCUT2D eigenvalue weighted by Crippen LogP contribution is 2.42. The maximum absolute atomic E-state index is 13.9. The van der Waals surface area contributed by atoms with Gasteiger partial charge in [0.25, 0.3) is 5.91 Å². The Morgan fingerprint density at radius 1 is 1.11 bits per heavy atom. The number of benzene rings is 1. The Hall–Kier alpha value is -2.88. The van der Waals surface area contributed by atoms with Gasteiger partial charge >= 0.3 is 6.18 Å². The van der Waals surface area contributed by atoms with Crippen molar-refractivity contribution in [1.82, 2.24) is 15.1 Å². The summed E-state index contributed by atoms with van der Waals surface area (Å²) in [6.07, 6.45) is 2.00. The number of Topliss-reactive ketones (excluding diaryl/α,β-unsaturated/α-hetero) is 1. The molecule has 0 bridgehead atoms. The lowest BCUT2D eigenvalue weighted by atomic mass is 9.75. The topological polar surface area (TPSA) is 102 Å². The molecule has 7 nitrogen and oxygen atoms in total. The van der Waals surface area contributed by atoms with Gasteiger partial charge in [-0.1, -0.05) is 13.8 Å². The monoisotopic (exact) mass is 517 g/mol. The number of hydrogen-bond donors (Lipinski definition) is 3. The first-order valence-corrected chi connectivity index (χ1v) is 13.1. The Bertz CT molecular complexity index is 1210. The Balaban J connectivity index is 1.44. The summed E-state index contributed by atoms with van der Waals surface area (Å²) >= 11 is 0. The Labute approximate surface area is 214 Å². The second-order valence-corrected chi connectivity index (χ2v) is 11.7. The molecular weight excluding hydrogens is 483 g/mol. The van der Waals surface area contributed by atoms with Crippen molar-refractivity contribution < 1.29 is 22.8 Å². The van der Waals surface area contributed by atoms with Gasteiger partial charge in [-0.2, -0.15) is 18.3 Å². The van der Waals surface area contributed by atoms with Crippen LogP contribution in [0.15, 0.2) is 18.2 Å². The van der Waals surface area contributed by atoms with Gasteiger partial charge in [0, 0.05) is 24.2 Å². The molecule has 1 aromatic carbocycles. The molecule has 1 aromatic heterocycles. The first-order chi connectivity index (χ1) is 17.4. The number of amides is 1. The van der Waals surface area contributed by atoms with Crippen LogP contribution < -0.4 is 16.4 Å². The first kappa shape index (κ1) is 25.8. The van der Waals surface area contributed by atoms with Crippen molar-refractivity contribution in [1.29, 1.82) is 0 Å². The lowest BCUT2D eigenvalue weighted by Gasteiger charge is -2.31. The summed E-state index contributed by atoms with van der Waals surface area (Å²) in [4.78, 5) is 24.9. The number of alkyl halides is 3. The number of fused-ring (bicyclic) bond motifs is 1. The maximum Gasteiger partial charge on any atom is 0.435 e. The number of primary amides is 1. The van der Waals surface area contributed by atoms with Crippen molar-refractivity contribution in [3.8, 4) is 5.69 Å². The van der Waals surface area contributed by atoms with Gasteiger partial charge in [-0.25, -0.2) is 4.68 Å². The van der Waals surface area contributed by atoms with E-state index in [-0.39, 0.29) is 35.7 Å². The van der Waals surface area contributed by atoms with E-state index in [2.05, 4.69) is 15.7 Å². The summed E-state index contributed by atoms with van der Waals surface area (Å²) in [5.41, 5.74) is 4.96. The third kappa shape index (κ3) is 5.54. The number of aromatic nitrogens is 2. The smallest absolute Gasteiger partial charge is 0.382 e. The predicted octanol–water partition coefficient (Wildman–Crippen LogP) is 4.87. The molecule has 0 spiro atoms. The number of nitrogens with zero attached hydrogens (tertiary/aromatic N) is 2. The number of halogens is 3. The standard InChI is InChI=1S/C27H34F3N5O2/c1-26(2)12-21-23(22(36)13-26)24(27(28,29)30)34-35(21)18-9-10-19(25(31)37)20(11-18)33-17-7-5-16(6-8-17)32-14-15-3-4-15/h9-11,15-17,32-33H,3-8,12-14H2,1-2H3,(H2,31,37)/t16-,17-. The predicted molar refractivity (Wildman–Crippen MR) is 134 cm³/mol. The van der Waals surface area contributed by atoms with Crippen LogP contribution in [0.25, 0.3) is 5.69 Å². The lowest BCUT2D eigenvalue weighted by Crippen LogP contribution is -2.38. The molecule has 4 N–H and O–H groups in total. The minimum Gasteiger partial charge on any atom is -0.382 e. The first-order valence-electron chi connectivity index (χ1n) is 13.1. The molecule has 2 fully saturated rings. The average molecular weight is 518 g/mol. The molecule has 200 valence electrons. The third-order valence-corrected chi connectivity index (χ3v) is 7.81. The second kappa shape index (κ2) is 9.45. The van der Waals surface area contributed by atoms with Crippen LogP contribution >= 0.6 is 0 Å². The zero-order chi connectivity index (χ0) is 26.5. The molecule has 5 rings (SSSR count). The van der Waals surface area contributed by atoms with Gasteiger partial charge in [-0.3, -0.25) is 9.59 Å². The molecule has 0 aliphatic heterocycles. The molecular formula is C27H34F3N5O2. The van der Waals surface area contributed by atoms with Crippen LogP contribution in [0.2, 0.25) is 0 Å². The fourth-order valence-electron chi connectivity index (χ4n) is 5.68. The van der Waals surface area contributed by atoms with Crippen LogP contribution in [0.5, 0.6) is 0 Å². The van der Waals surface area contributed by atoms with E-state index in [1.165, 1.54) is 29.7 Å². The Morgan fingerprint density at radius 3 is 2.41 bits per heavy atom. The molecule has 0 atom stereocenters. The Morgan fingerprint density at radius 2 is 1.78 bits per heavy atom. The summed E-state index contributed by atoms with van der Waals surface area (Å²) < 4.78 is 42.8. The maximum atomic E-state index is 13.9. The lowest BCUT2D eigenvalue weighted by molar-refractivity contribution is -0.141. The van der Waals surface area contributed by atoms with E-state index in [9.17, 15) is 22.8 Å². The summed E-state index contributed by atoms with van der Waals surface area (Å²) in [6, 6.07) is 5.27. The molecule has 2 saturated carbocycles. The molecule has 0 saturated heterocycles. The van der Waals surface area contributed by atoms with E-state index in [4.69, 9.17) is 5.73 Å². The molecule has 0 radical (unpaired) electrons. The largest absolute Gasteiger partial charge is 0.435 e. The van der Waals surface area contributed by atoms with Gasteiger partial charge in [-0.05, 0) is 81.0 Å². The number of rotatable bonds is 7. The highest BCUT2D eigenvalue weighted by Gasteiger charge is 2.45. The normalized spacial score (nSPS) is 23.5. The van der Waals surface area contributed by atoms with Crippen LogP contribution in [0.1, 0.15) is 90.9 Å². The van der Waals surface area contributed by atoms with E-state index >= 15 is 0 Å². The molecule has 10 heteroatoms. The van der Waals surface area contributed by atoms with Crippen LogP contribution in [0, 0.1) is 11.3 Å². The molecule has 3 aliphatic carbocycles. The van der Waals surface area contributed by atoms with Gasteiger partial charge in [0.05, 0.1) is 22.5 Å². The molecule has 1 heterocycles. The average Bonchev–Trinajstić information content (AvgIpc) is 3.55. The van der Waals surface area contributed by atoms with Crippen LogP contribution in [-0.2, 0) is 12.6 Å². The van der Waals surface area contributed by atoms with Gasteiger partial charge < -0.3 is 16.4 Å². The number of ketones is 1. The van der Waals surface area contributed by atoms with E-state index in [1.54, 1.807) is 6.07 Å². The van der Waals surface area contributed by atoms with Crippen molar-refractivity contribution in [3.05, 3.63) is 40.7 Å². The van der Waals surface area contributed by atoms with E-state index in [0.717, 1.165) is 38.1 Å². The van der Waals surface area contributed by atoms with Crippen molar-refractivity contribution in [2.24, 2.45) is 17.1 Å². The minimum absolute atomic E-state index is 0.0282. The van der Waals surface area contributed by atoms with Crippen molar-refractivity contribution in [2.75, 3.05) is 11.9 Å². The minimum atomic E-state index is -4.76. The number of hydrogen-bond acceptors (Lipinski definition) is 5. The highest BCUT2D eigenvalue weighted by atomic mass is 19.4. The van der Waals surface area contributed by atoms with Crippen LogP contribution in [0.3, 0.4) is 0 Å². The van der Waals surface area contributed by atoms with Gasteiger partial charge in [0.1, 0.15) is 0 Å². The van der Waals surface area contributed by atoms with Gasteiger partial charge in [-0.15, -0.1) is 0 Å². The summed E-state index contributed by atoms with van der Waals surface area (Å²) in [6.45, 7) is 4.79. The Kier molecular flexibility index (Phi) is 6.58. The van der Waals surface area contributed by atoms with E-state index < -0.39 is 29.0 Å². The number of nitrogens with one attached hydrogen (secondary N) is 2. The summed E-state index contributed by atoms with van der Waals surface area (Å²) in [5.74, 6) is -0.351. The van der Waals surface area contributed by atoms with Crippen molar-refractivity contribution in [2.45, 2.75) is 83.5 Å². The van der Waals surface area contributed by atoms with Crippen LogP contribution in [-0.4, -0.2) is 40.1 Å². The summed E-state index contributed by atoms with van der Waals surface area (Å²) in [5, 5.41) is 11.0. The quantitative estimate of drug-likeness (QED) is 0.487. The fraction of sp³-hybridized carbons (Fsp3) is 0.593. The SMILES string of the molecule is CC1(C)CC(=O)c2c(C(F)(F)F)nn(-c3ccc(C(N)=O)c(N[C@H]4CC[C@H](NCC5CC5)CC4)c3)c2C1. The van der Waals surface area contributed by atoms with E-state index in [0.29, 0.717) is 17.4 Å². The fourth-order valence-corrected chi connectivity index (χ4v) is 5.68. The molecule has 3 aliphatic rings. The summed E-state index contributed by atoms with van der Waals surface area (Å²) in [7, 11) is 0. The number of carbonyl (C=O) groups is 2. The van der Waals surface area contributed by atoms with Crippen molar-refractivity contribution in [3.63, 3.8) is 0 Å². The molecule has 2 aromatic rings. The molecule has 37 heavy (non-hydrogen) atoms. The molecule has 0 unspecified atom stereocenters. The van der Waals surface area contributed by atoms with Crippen LogP contribution in [0.4, 0.5) is 18.9 Å². The van der Waals surface area contributed by atoms with E-state index in [1.807, 2.05) is 13.8 Å². The number of carbonyl (C=O) groups excluding carboxylic acids is 2.